The van der Waals surface area contributed by atoms with E-state index in [1.54, 1.807) is 0 Å². The highest BCUT2D eigenvalue weighted by Crippen LogP contribution is 2.23. The van der Waals surface area contributed by atoms with E-state index in [4.69, 9.17) is 22.3 Å². The molecule has 1 aromatic carbocycles. The fourth-order valence-electron chi connectivity index (χ4n) is 1.66. The lowest BCUT2D eigenvalue weighted by Gasteiger charge is -2.26. The summed E-state index contributed by atoms with van der Waals surface area (Å²) in [5.41, 5.74) is 0.202. The van der Waals surface area contributed by atoms with Crippen molar-refractivity contribution in [1.29, 1.82) is 0 Å². The van der Waals surface area contributed by atoms with Gasteiger partial charge in [-0.15, -0.1) is 0 Å². The molecule has 0 atom stereocenters. The molecule has 7 heteroatoms. The Morgan fingerprint density at radius 3 is 2.44 bits per heavy atom. The summed E-state index contributed by atoms with van der Waals surface area (Å²) in [6.07, 6.45) is 3.00. The summed E-state index contributed by atoms with van der Waals surface area (Å²) in [5, 5.41) is 2.97. The van der Waals surface area contributed by atoms with Crippen LogP contribution in [0.2, 0.25) is 5.02 Å². The zero-order valence-corrected chi connectivity index (χ0v) is 11.6. The number of halogens is 2. The van der Waals surface area contributed by atoms with Crippen LogP contribution in [0.1, 0.15) is 29.6 Å². The molecular weight excluding hydrogens is 297 g/mol. The molecule has 0 unspecified atom stereocenters. The number of nitrogens with one attached hydrogen (secondary N) is 1. The first-order chi connectivity index (χ1) is 8.36. The minimum Gasteiger partial charge on any atom is -0.349 e. The van der Waals surface area contributed by atoms with Gasteiger partial charge in [0, 0.05) is 27.3 Å². The van der Waals surface area contributed by atoms with E-state index in [0.717, 1.165) is 19.3 Å². The maximum absolute atomic E-state index is 11.9. The van der Waals surface area contributed by atoms with Crippen molar-refractivity contribution in [2.75, 3.05) is 0 Å². The van der Waals surface area contributed by atoms with Crippen LogP contribution in [0, 0.1) is 0 Å². The molecule has 1 N–H and O–H groups in total. The summed E-state index contributed by atoms with van der Waals surface area (Å²) in [6.45, 7) is 0. The molecule has 0 aliphatic heterocycles. The molecule has 1 saturated carbocycles. The lowest BCUT2D eigenvalue weighted by Crippen LogP contribution is -2.39. The lowest BCUT2D eigenvalue weighted by atomic mass is 9.93. The second-order valence-corrected chi connectivity index (χ2v) is 7.22. The Bertz CT molecular complexity index is 582. The maximum Gasteiger partial charge on any atom is 0.261 e. The Hall–Kier alpha value is -0.780. The smallest absolute Gasteiger partial charge is 0.261 e. The first-order valence-electron chi connectivity index (χ1n) is 5.42. The van der Waals surface area contributed by atoms with Crippen LogP contribution in [0.3, 0.4) is 0 Å². The van der Waals surface area contributed by atoms with Crippen molar-refractivity contribution in [3.05, 3.63) is 28.8 Å². The molecule has 0 saturated heterocycles. The predicted molar refractivity (Wildman–Crippen MR) is 69.6 cm³/mol. The van der Waals surface area contributed by atoms with Gasteiger partial charge in [0.25, 0.3) is 15.0 Å². The summed E-state index contributed by atoms with van der Waals surface area (Å²) < 4.78 is 22.4. The van der Waals surface area contributed by atoms with Gasteiger partial charge in [0.05, 0.1) is 4.90 Å². The molecular formula is C11H11Cl2NO3S. The molecule has 0 heterocycles. The molecule has 1 aliphatic carbocycles. The molecule has 0 aromatic heterocycles. The average Bonchev–Trinajstić information content (AvgIpc) is 2.21. The fourth-order valence-corrected chi connectivity index (χ4v) is 2.76. The van der Waals surface area contributed by atoms with Crippen molar-refractivity contribution in [2.24, 2.45) is 0 Å². The van der Waals surface area contributed by atoms with Crippen LogP contribution >= 0.6 is 22.3 Å². The van der Waals surface area contributed by atoms with Crippen molar-refractivity contribution in [2.45, 2.75) is 30.2 Å². The summed E-state index contributed by atoms with van der Waals surface area (Å²) in [7, 11) is 1.34. The normalized spacial score (nSPS) is 16.1. The molecule has 98 valence electrons. The summed E-state index contributed by atoms with van der Waals surface area (Å²) in [4.78, 5) is 11.7. The quantitative estimate of drug-likeness (QED) is 0.873. The molecule has 1 aliphatic rings. The second kappa shape index (κ2) is 5.07. The van der Waals surface area contributed by atoms with Gasteiger partial charge in [-0.05, 0) is 37.5 Å². The fraction of sp³-hybridized carbons (Fsp3) is 0.364. The van der Waals surface area contributed by atoms with Crippen molar-refractivity contribution < 1.29 is 13.2 Å². The number of hydrogen-bond acceptors (Lipinski definition) is 3. The van der Waals surface area contributed by atoms with Gasteiger partial charge in [0.2, 0.25) is 0 Å². The Labute approximate surface area is 115 Å². The van der Waals surface area contributed by atoms with Gasteiger partial charge in [-0.25, -0.2) is 8.42 Å². The van der Waals surface area contributed by atoms with E-state index in [0.29, 0.717) is 0 Å². The van der Waals surface area contributed by atoms with Crippen molar-refractivity contribution in [3.63, 3.8) is 0 Å². The van der Waals surface area contributed by atoms with Gasteiger partial charge in [0.1, 0.15) is 0 Å². The monoisotopic (exact) mass is 307 g/mol. The van der Waals surface area contributed by atoms with Crippen LogP contribution in [0.4, 0.5) is 0 Å². The van der Waals surface area contributed by atoms with Crippen molar-refractivity contribution in [1.82, 2.24) is 5.32 Å². The highest BCUT2D eigenvalue weighted by atomic mass is 35.7. The third kappa shape index (κ3) is 3.16. The Morgan fingerprint density at radius 1 is 1.28 bits per heavy atom. The standard InChI is InChI=1S/C11H11Cl2NO3S/c12-8-4-7(5-10(6-8)18(13,16)17)11(15)14-9-2-1-3-9/h4-6,9H,1-3H2,(H,14,15). The molecule has 1 aromatic rings. The van der Waals surface area contributed by atoms with Crippen LogP contribution in [0.15, 0.2) is 23.1 Å². The minimum atomic E-state index is -3.89. The molecule has 1 amide bonds. The summed E-state index contributed by atoms with van der Waals surface area (Å²) in [5.74, 6) is -0.330. The molecule has 18 heavy (non-hydrogen) atoms. The third-order valence-corrected chi connectivity index (χ3v) is 4.41. The van der Waals surface area contributed by atoms with Gasteiger partial charge < -0.3 is 5.32 Å². The van der Waals surface area contributed by atoms with Crippen LogP contribution in [-0.2, 0) is 9.05 Å². The van der Waals surface area contributed by atoms with E-state index in [1.165, 1.54) is 18.2 Å². The van der Waals surface area contributed by atoms with E-state index >= 15 is 0 Å². The largest absolute Gasteiger partial charge is 0.349 e. The van der Waals surface area contributed by atoms with E-state index < -0.39 is 9.05 Å². The number of hydrogen-bond donors (Lipinski definition) is 1. The van der Waals surface area contributed by atoms with Crippen molar-refractivity contribution >= 4 is 37.2 Å². The lowest BCUT2D eigenvalue weighted by molar-refractivity contribution is 0.0916. The van der Waals surface area contributed by atoms with Crippen molar-refractivity contribution in [3.8, 4) is 0 Å². The first-order valence-corrected chi connectivity index (χ1v) is 8.11. The molecule has 1 fully saturated rings. The van der Waals surface area contributed by atoms with E-state index in [-0.39, 0.29) is 27.4 Å². The zero-order valence-electron chi connectivity index (χ0n) is 9.32. The highest BCUT2D eigenvalue weighted by Gasteiger charge is 2.21. The first kappa shape index (κ1) is 13.6. The number of carbonyl (C=O) groups excluding carboxylic acids is 1. The van der Waals surface area contributed by atoms with Crippen LogP contribution in [-0.4, -0.2) is 20.4 Å². The summed E-state index contributed by atoms with van der Waals surface area (Å²) >= 11 is 5.78. The van der Waals surface area contributed by atoms with Gasteiger partial charge in [-0.2, -0.15) is 0 Å². The van der Waals surface area contributed by atoms with Gasteiger partial charge in [-0.1, -0.05) is 11.6 Å². The number of rotatable bonds is 3. The van der Waals surface area contributed by atoms with Crippen LogP contribution in [0.25, 0.3) is 0 Å². The van der Waals surface area contributed by atoms with Gasteiger partial charge in [-0.3, -0.25) is 4.79 Å². The van der Waals surface area contributed by atoms with Gasteiger partial charge >= 0.3 is 0 Å². The van der Waals surface area contributed by atoms with E-state index in [9.17, 15) is 13.2 Å². The molecule has 0 bridgehead atoms. The average molecular weight is 308 g/mol. The molecule has 2 rings (SSSR count). The second-order valence-electron chi connectivity index (χ2n) is 4.21. The maximum atomic E-state index is 11.9. The molecule has 0 radical (unpaired) electrons. The van der Waals surface area contributed by atoms with Gasteiger partial charge in [0.15, 0.2) is 0 Å². The molecule has 0 spiro atoms. The van der Waals surface area contributed by atoms with E-state index in [2.05, 4.69) is 5.32 Å². The Kier molecular flexibility index (Phi) is 3.84. The van der Waals surface area contributed by atoms with Crippen LogP contribution in [0.5, 0.6) is 0 Å². The van der Waals surface area contributed by atoms with Crippen LogP contribution < -0.4 is 5.32 Å². The Morgan fingerprint density at radius 2 is 1.94 bits per heavy atom. The third-order valence-electron chi connectivity index (χ3n) is 2.86. The van der Waals surface area contributed by atoms with E-state index in [1.807, 2.05) is 0 Å². The minimum absolute atomic E-state index is 0.162. The number of amides is 1. The Balaban J connectivity index is 2.27. The highest BCUT2D eigenvalue weighted by molar-refractivity contribution is 8.13. The summed E-state index contributed by atoms with van der Waals surface area (Å²) in [6, 6.07) is 4.03. The number of benzene rings is 1. The predicted octanol–water partition coefficient (Wildman–Crippen LogP) is 2.55. The number of carbonyl (C=O) groups is 1. The molecule has 4 nitrogen and oxygen atoms in total. The topological polar surface area (TPSA) is 63.2 Å². The zero-order chi connectivity index (χ0) is 13.3. The SMILES string of the molecule is O=C(NC1CCC1)c1cc(Cl)cc(S(=O)(=O)Cl)c1.